The predicted molar refractivity (Wildman–Crippen MR) is 112 cm³/mol. The highest BCUT2D eigenvalue weighted by atomic mass is 16.3. The summed E-state index contributed by atoms with van der Waals surface area (Å²) in [4.78, 5) is 19.3. The van der Waals surface area contributed by atoms with Gasteiger partial charge in [-0.15, -0.1) is 0 Å². The molecule has 0 saturated heterocycles. The van der Waals surface area contributed by atoms with Crippen LogP contribution in [0.2, 0.25) is 0 Å². The third kappa shape index (κ3) is 3.14. The summed E-state index contributed by atoms with van der Waals surface area (Å²) in [5, 5.41) is 18.1. The van der Waals surface area contributed by atoms with E-state index in [0.29, 0.717) is 17.0 Å². The second-order valence-electron chi connectivity index (χ2n) is 7.52. The number of hydrogen-bond donors (Lipinski definition) is 2. The Balaban J connectivity index is 1.53. The second kappa shape index (κ2) is 7.52. The molecule has 1 saturated carbocycles. The molecule has 8 heteroatoms. The van der Waals surface area contributed by atoms with Crippen molar-refractivity contribution in [2.75, 3.05) is 5.32 Å². The van der Waals surface area contributed by atoms with Crippen molar-refractivity contribution in [3.05, 3.63) is 59.5 Å². The van der Waals surface area contributed by atoms with E-state index in [4.69, 9.17) is 9.52 Å². The highest BCUT2D eigenvalue weighted by Gasteiger charge is 2.29. The van der Waals surface area contributed by atoms with Gasteiger partial charge in [0, 0.05) is 17.4 Å². The van der Waals surface area contributed by atoms with Gasteiger partial charge in [0.1, 0.15) is 5.39 Å². The number of benzene rings is 1. The molecule has 1 fully saturated rings. The van der Waals surface area contributed by atoms with Gasteiger partial charge in [-0.25, -0.2) is 4.98 Å². The molecular weight excluding hydrogens is 380 g/mol. The fourth-order valence-electron chi connectivity index (χ4n) is 4.21. The van der Waals surface area contributed by atoms with E-state index >= 15 is 0 Å². The number of nitrogens with one attached hydrogen (secondary N) is 2. The average Bonchev–Trinajstić information content (AvgIpc) is 3.44. The van der Waals surface area contributed by atoms with Crippen molar-refractivity contribution in [2.24, 2.45) is 5.92 Å². The summed E-state index contributed by atoms with van der Waals surface area (Å²) in [5.41, 5.74) is 2.24. The Hall–Kier alpha value is -3.86. The molecule has 3 aromatic heterocycles. The zero-order valence-electron chi connectivity index (χ0n) is 16.2. The van der Waals surface area contributed by atoms with Crippen molar-refractivity contribution in [2.45, 2.75) is 31.7 Å². The summed E-state index contributed by atoms with van der Waals surface area (Å²) in [6, 6.07) is 11.9. The predicted octanol–water partition coefficient (Wildman–Crippen LogP) is 4.38. The molecule has 150 valence electrons. The Morgan fingerprint density at radius 2 is 2.03 bits per heavy atom. The third-order valence-corrected chi connectivity index (χ3v) is 5.70. The summed E-state index contributed by atoms with van der Waals surface area (Å²) in [6.07, 6.45) is 8.53. The molecule has 1 aliphatic rings. The molecule has 2 atom stereocenters. The monoisotopic (exact) mass is 400 g/mol. The van der Waals surface area contributed by atoms with Gasteiger partial charge in [-0.3, -0.25) is 9.48 Å². The number of nitrogens with zero attached hydrogens (tertiary/aromatic N) is 4. The highest BCUT2D eigenvalue weighted by molar-refractivity contribution is 5.91. The van der Waals surface area contributed by atoms with Gasteiger partial charge >= 0.3 is 0 Å². The Kier molecular flexibility index (Phi) is 4.56. The smallest absolute Gasteiger partial charge is 0.261 e. The van der Waals surface area contributed by atoms with Gasteiger partial charge in [-0.2, -0.15) is 10.4 Å². The Morgan fingerprint density at radius 1 is 1.20 bits per heavy atom. The normalized spacial score (nSPS) is 18.9. The van der Waals surface area contributed by atoms with Gasteiger partial charge in [0.05, 0.1) is 29.7 Å². The molecule has 1 aromatic carbocycles. The van der Waals surface area contributed by atoms with Crippen LogP contribution in [0.25, 0.3) is 22.2 Å². The fraction of sp³-hybridized carbons (Fsp3) is 0.273. The average molecular weight is 400 g/mol. The third-order valence-electron chi connectivity index (χ3n) is 5.70. The number of anilines is 2. The zero-order chi connectivity index (χ0) is 20.5. The van der Waals surface area contributed by atoms with Crippen LogP contribution in [-0.2, 0) is 0 Å². The van der Waals surface area contributed by atoms with E-state index in [1.165, 1.54) is 6.39 Å². The number of H-pyrrole nitrogens is 1. The molecule has 5 rings (SSSR count). The van der Waals surface area contributed by atoms with Crippen molar-refractivity contribution < 1.29 is 4.42 Å². The first-order valence-electron chi connectivity index (χ1n) is 10.00. The lowest BCUT2D eigenvalue weighted by molar-refractivity contribution is 0.277. The minimum absolute atomic E-state index is 0.0302. The molecule has 1 aliphatic carbocycles. The van der Waals surface area contributed by atoms with Crippen LogP contribution >= 0.6 is 0 Å². The minimum Gasteiger partial charge on any atom is -0.444 e. The lowest BCUT2D eigenvalue weighted by Crippen LogP contribution is -2.23. The molecule has 30 heavy (non-hydrogen) atoms. The summed E-state index contributed by atoms with van der Waals surface area (Å²) in [7, 11) is 0. The lowest BCUT2D eigenvalue weighted by atomic mass is 9.85. The molecule has 0 radical (unpaired) electrons. The van der Waals surface area contributed by atoms with Gasteiger partial charge in [-0.1, -0.05) is 12.8 Å². The maximum atomic E-state index is 12.6. The van der Waals surface area contributed by atoms with E-state index in [2.05, 4.69) is 21.4 Å². The van der Waals surface area contributed by atoms with E-state index in [1.807, 2.05) is 35.0 Å². The van der Waals surface area contributed by atoms with E-state index in [1.54, 1.807) is 12.4 Å². The number of hydrogen-bond acceptors (Lipinski definition) is 6. The zero-order valence-corrected chi connectivity index (χ0v) is 16.2. The van der Waals surface area contributed by atoms with Crippen molar-refractivity contribution in [1.82, 2.24) is 19.7 Å². The fourth-order valence-corrected chi connectivity index (χ4v) is 4.21. The summed E-state index contributed by atoms with van der Waals surface area (Å²) in [6.45, 7) is 0. The van der Waals surface area contributed by atoms with Crippen LogP contribution in [0.3, 0.4) is 0 Å². The van der Waals surface area contributed by atoms with Gasteiger partial charge < -0.3 is 14.7 Å². The first-order chi connectivity index (χ1) is 14.7. The Labute approximate surface area is 172 Å². The quantitative estimate of drug-likeness (QED) is 0.526. The molecule has 0 amide bonds. The number of oxazole rings is 1. The lowest BCUT2D eigenvalue weighted by Gasteiger charge is -2.27. The molecule has 0 spiro atoms. The van der Waals surface area contributed by atoms with Crippen molar-refractivity contribution in [3.8, 4) is 17.4 Å². The molecule has 4 aromatic rings. The Bertz CT molecular complexity index is 1260. The number of rotatable bonds is 4. The molecule has 8 nitrogen and oxygen atoms in total. The van der Waals surface area contributed by atoms with Crippen molar-refractivity contribution >= 4 is 22.4 Å². The number of nitriles is 1. The topological polar surface area (TPSA) is 113 Å². The SMILES string of the molecule is N#CC1CCCCC1n1nc(Nc2ccc(-c3cnco3)cc2)c2c(=O)[nH]ccc21. The van der Waals surface area contributed by atoms with Crippen molar-refractivity contribution in [1.29, 1.82) is 5.26 Å². The highest BCUT2D eigenvalue weighted by Crippen LogP contribution is 2.36. The van der Waals surface area contributed by atoms with Crippen LogP contribution < -0.4 is 10.9 Å². The van der Waals surface area contributed by atoms with E-state index in [-0.39, 0.29) is 17.5 Å². The summed E-state index contributed by atoms with van der Waals surface area (Å²) >= 11 is 0. The largest absolute Gasteiger partial charge is 0.444 e. The van der Waals surface area contributed by atoms with Crippen LogP contribution in [0.4, 0.5) is 11.5 Å². The van der Waals surface area contributed by atoms with E-state index < -0.39 is 0 Å². The van der Waals surface area contributed by atoms with Gasteiger partial charge in [0.25, 0.3) is 5.56 Å². The molecule has 3 heterocycles. The van der Waals surface area contributed by atoms with Crippen LogP contribution in [0, 0.1) is 17.2 Å². The summed E-state index contributed by atoms with van der Waals surface area (Å²) in [5.74, 6) is 1.07. The molecular formula is C22H20N6O2. The summed E-state index contributed by atoms with van der Waals surface area (Å²) < 4.78 is 7.19. The molecule has 0 aliphatic heterocycles. The molecule has 0 bridgehead atoms. The molecule has 2 N–H and O–H groups in total. The number of aromatic amines is 1. The van der Waals surface area contributed by atoms with E-state index in [9.17, 15) is 10.1 Å². The first-order valence-corrected chi connectivity index (χ1v) is 10.00. The second-order valence-corrected chi connectivity index (χ2v) is 7.52. The van der Waals surface area contributed by atoms with Gasteiger partial charge in [0.2, 0.25) is 0 Å². The minimum atomic E-state index is -0.205. The van der Waals surface area contributed by atoms with Gasteiger partial charge in [-0.05, 0) is 43.2 Å². The van der Waals surface area contributed by atoms with E-state index in [0.717, 1.165) is 42.5 Å². The van der Waals surface area contributed by atoms with Crippen LogP contribution in [0.1, 0.15) is 31.7 Å². The maximum Gasteiger partial charge on any atom is 0.261 e. The van der Waals surface area contributed by atoms with Gasteiger partial charge in [0.15, 0.2) is 18.0 Å². The van der Waals surface area contributed by atoms with Crippen LogP contribution in [-0.4, -0.2) is 19.7 Å². The van der Waals surface area contributed by atoms with Crippen LogP contribution in [0.15, 0.2) is 58.3 Å². The standard InChI is InChI=1S/C22H20N6O2/c23-11-15-3-1-2-4-17(15)28-18-9-10-25-22(29)20(18)21(27-28)26-16-7-5-14(6-8-16)19-12-24-13-30-19/h5-10,12-13,15,17H,1-4H2,(H,25,29)(H,26,27). The molecule has 2 unspecified atom stereocenters. The maximum absolute atomic E-state index is 12.6. The van der Waals surface area contributed by atoms with Crippen molar-refractivity contribution in [3.63, 3.8) is 0 Å². The number of aromatic nitrogens is 4. The number of pyridine rings is 1. The van der Waals surface area contributed by atoms with Crippen LogP contribution in [0.5, 0.6) is 0 Å². The Morgan fingerprint density at radius 3 is 2.80 bits per heavy atom. The number of fused-ring (bicyclic) bond motifs is 1. The first kappa shape index (κ1) is 18.2.